The molecule has 0 N–H and O–H groups in total. The van der Waals surface area contributed by atoms with Crippen LogP contribution in [0.15, 0.2) is 78.9 Å². The van der Waals surface area contributed by atoms with Crippen LogP contribution in [0.4, 0.5) is 0 Å². The molecule has 4 heteroatoms. The molecule has 3 aromatic rings. The molecule has 1 atom stereocenters. The lowest BCUT2D eigenvalue weighted by Crippen LogP contribution is -2.36. The molecule has 4 rings (SSSR count). The highest BCUT2D eigenvalue weighted by Crippen LogP contribution is 2.48. The minimum atomic E-state index is -0.800. The molecule has 1 aliphatic rings. The van der Waals surface area contributed by atoms with Gasteiger partial charge in [-0.2, -0.15) is 0 Å². The van der Waals surface area contributed by atoms with E-state index in [9.17, 15) is 4.79 Å². The van der Waals surface area contributed by atoms with Crippen molar-refractivity contribution in [3.05, 3.63) is 95.6 Å². The number of carbonyl (C=O) groups excluding carboxylic acids is 1. The summed E-state index contributed by atoms with van der Waals surface area (Å²) in [6, 6.07) is 26.1. The maximum Gasteiger partial charge on any atom is 0.326 e. The second-order valence-corrected chi connectivity index (χ2v) is 8.17. The van der Waals surface area contributed by atoms with E-state index in [1.54, 1.807) is 7.11 Å². The number of methoxy groups -OCH3 is 1. The Bertz CT molecular complexity index is 1020. The van der Waals surface area contributed by atoms with Crippen LogP contribution in [0.25, 0.3) is 0 Å². The molecule has 0 aliphatic carbocycles. The average Bonchev–Trinajstić information content (AvgIpc) is 3.10. The summed E-state index contributed by atoms with van der Waals surface area (Å²) in [5.41, 5.74) is 2.41. The van der Waals surface area contributed by atoms with Gasteiger partial charge in [-0.3, -0.25) is 4.79 Å². The number of hydrogen-bond donors (Lipinski definition) is 0. The van der Waals surface area contributed by atoms with Gasteiger partial charge in [-0.25, -0.2) is 0 Å². The van der Waals surface area contributed by atoms with Crippen LogP contribution in [-0.4, -0.2) is 38.1 Å². The van der Waals surface area contributed by atoms with Crippen molar-refractivity contribution < 1.29 is 14.3 Å². The highest BCUT2D eigenvalue weighted by atomic mass is 16.5. The Morgan fingerprint density at radius 2 is 1.65 bits per heavy atom. The van der Waals surface area contributed by atoms with Gasteiger partial charge < -0.3 is 14.4 Å². The zero-order valence-electron chi connectivity index (χ0n) is 18.2. The van der Waals surface area contributed by atoms with Crippen molar-refractivity contribution in [3.63, 3.8) is 0 Å². The average molecular weight is 416 g/mol. The standard InChI is InChI=1S/C27H29NO3/c1-28(19-16-21-10-5-3-6-11-21)18-9-17-27(22-12-7-4-8-13-22)24-20-23(30-2)14-15-25(24)31-26(27)29/h3-8,10-15,20H,9,16-19H2,1-2H3. The van der Waals surface area contributed by atoms with E-state index in [0.717, 1.165) is 42.8 Å². The van der Waals surface area contributed by atoms with Crippen molar-refractivity contribution in [1.29, 1.82) is 0 Å². The van der Waals surface area contributed by atoms with Crippen LogP contribution in [0.5, 0.6) is 11.5 Å². The maximum atomic E-state index is 13.3. The number of esters is 1. The van der Waals surface area contributed by atoms with Gasteiger partial charge in [0.2, 0.25) is 0 Å². The summed E-state index contributed by atoms with van der Waals surface area (Å²) >= 11 is 0. The van der Waals surface area contributed by atoms with Crippen LogP contribution in [0, 0.1) is 0 Å². The van der Waals surface area contributed by atoms with Gasteiger partial charge in [-0.1, -0.05) is 60.7 Å². The molecule has 0 fully saturated rings. The van der Waals surface area contributed by atoms with Crippen molar-refractivity contribution in [3.8, 4) is 11.5 Å². The normalized spacial score (nSPS) is 17.5. The first-order chi connectivity index (χ1) is 15.1. The molecule has 4 nitrogen and oxygen atoms in total. The van der Waals surface area contributed by atoms with Crippen molar-refractivity contribution in [2.75, 3.05) is 27.2 Å². The van der Waals surface area contributed by atoms with Crippen LogP contribution in [0.2, 0.25) is 0 Å². The van der Waals surface area contributed by atoms with E-state index >= 15 is 0 Å². The summed E-state index contributed by atoms with van der Waals surface area (Å²) in [6.07, 6.45) is 2.58. The number of hydrogen-bond acceptors (Lipinski definition) is 4. The zero-order valence-corrected chi connectivity index (χ0v) is 18.2. The third-order valence-electron chi connectivity index (χ3n) is 6.18. The minimum Gasteiger partial charge on any atom is -0.497 e. The Labute approximate surface area is 184 Å². The Hall–Kier alpha value is -3.11. The van der Waals surface area contributed by atoms with Gasteiger partial charge in [0.15, 0.2) is 0 Å². The molecule has 160 valence electrons. The molecule has 0 spiro atoms. The fourth-order valence-electron chi connectivity index (χ4n) is 4.42. The minimum absolute atomic E-state index is 0.200. The number of fused-ring (bicyclic) bond motifs is 1. The molecule has 31 heavy (non-hydrogen) atoms. The van der Waals surface area contributed by atoms with Crippen LogP contribution in [-0.2, 0) is 16.6 Å². The number of benzene rings is 3. The molecule has 0 amide bonds. The molecule has 0 bridgehead atoms. The summed E-state index contributed by atoms with van der Waals surface area (Å²) in [5.74, 6) is 1.17. The largest absolute Gasteiger partial charge is 0.497 e. The lowest BCUT2D eigenvalue weighted by molar-refractivity contribution is -0.137. The van der Waals surface area contributed by atoms with Gasteiger partial charge >= 0.3 is 5.97 Å². The van der Waals surface area contributed by atoms with Gasteiger partial charge in [0.25, 0.3) is 0 Å². The van der Waals surface area contributed by atoms with E-state index in [2.05, 4.69) is 36.2 Å². The highest BCUT2D eigenvalue weighted by molar-refractivity contribution is 5.94. The number of carbonyl (C=O) groups is 1. The second kappa shape index (κ2) is 9.36. The molecular weight excluding hydrogens is 386 g/mol. The van der Waals surface area contributed by atoms with Gasteiger partial charge in [-0.05, 0) is 62.2 Å². The van der Waals surface area contributed by atoms with Gasteiger partial charge in [-0.15, -0.1) is 0 Å². The molecular formula is C27H29NO3. The molecule has 0 saturated heterocycles. The van der Waals surface area contributed by atoms with Crippen LogP contribution < -0.4 is 9.47 Å². The first-order valence-corrected chi connectivity index (χ1v) is 10.8. The van der Waals surface area contributed by atoms with Gasteiger partial charge in [0.1, 0.15) is 16.9 Å². The highest BCUT2D eigenvalue weighted by Gasteiger charge is 2.50. The smallest absolute Gasteiger partial charge is 0.326 e. The van der Waals surface area contributed by atoms with E-state index in [1.807, 2.05) is 54.6 Å². The summed E-state index contributed by atoms with van der Waals surface area (Å²) in [4.78, 5) is 15.6. The Morgan fingerprint density at radius 3 is 2.35 bits per heavy atom. The molecule has 3 aromatic carbocycles. The second-order valence-electron chi connectivity index (χ2n) is 8.17. The number of rotatable bonds is 9. The summed E-state index contributed by atoms with van der Waals surface area (Å²) in [7, 11) is 3.79. The van der Waals surface area contributed by atoms with E-state index in [-0.39, 0.29) is 5.97 Å². The van der Waals surface area contributed by atoms with E-state index < -0.39 is 5.41 Å². The fraction of sp³-hybridized carbons (Fsp3) is 0.296. The first kappa shape index (κ1) is 21.1. The third kappa shape index (κ3) is 4.35. The van der Waals surface area contributed by atoms with Crippen molar-refractivity contribution in [2.24, 2.45) is 0 Å². The van der Waals surface area contributed by atoms with Crippen LogP contribution in [0.3, 0.4) is 0 Å². The molecule has 1 unspecified atom stereocenters. The van der Waals surface area contributed by atoms with Gasteiger partial charge in [0, 0.05) is 12.1 Å². The topological polar surface area (TPSA) is 38.8 Å². The van der Waals surface area contributed by atoms with Crippen LogP contribution in [0.1, 0.15) is 29.5 Å². The predicted molar refractivity (Wildman–Crippen MR) is 123 cm³/mol. The van der Waals surface area contributed by atoms with Gasteiger partial charge in [0.05, 0.1) is 7.11 Å². The maximum absolute atomic E-state index is 13.3. The summed E-state index contributed by atoms with van der Waals surface area (Å²) in [6.45, 7) is 1.89. The molecule has 0 saturated carbocycles. The van der Waals surface area contributed by atoms with Crippen molar-refractivity contribution >= 4 is 5.97 Å². The fourth-order valence-corrected chi connectivity index (χ4v) is 4.42. The molecule has 0 radical (unpaired) electrons. The molecule has 0 aromatic heterocycles. The van der Waals surface area contributed by atoms with E-state index in [0.29, 0.717) is 12.2 Å². The zero-order chi connectivity index (χ0) is 21.7. The Morgan fingerprint density at radius 1 is 0.935 bits per heavy atom. The Balaban J connectivity index is 1.52. The lowest BCUT2D eigenvalue weighted by atomic mass is 9.72. The van der Waals surface area contributed by atoms with E-state index in [4.69, 9.17) is 9.47 Å². The van der Waals surface area contributed by atoms with E-state index in [1.165, 1.54) is 5.56 Å². The lowest BCUT2D eigenvalue weighted by Gasteiger charge is -2.28. The SMILES string of the molecule is COc1ccc2c(c1)C(CCCN(C)CCc1ccccc1)(c1ccccc1)C(=O)O2. The number of nitrogens with zero attached hydrogens (tertiary/aromatic N) is 1. The predicted octanol–water partition coefficient (Wildman–Crippen LogP) is 4.86. The molecule has 1 heterocycles. The number of ether oxygens (including phenoxy) is 2. The van der Waals surface area contributed by atoms with Crippen LogP contribution >= 0.6 is 0 Å². The third-order valence-corrected chi connectivity index (χ3v) is 6.18. The summed E-state index contributed by atoms with van der Waals surface area (Å²) in [5, 5.41) is 0. The summed E-state index contributed by atoms with van der Waals surface area (Å²) < 4.78 is 11.2. The van der Waals surface area contributed by atoms with Crippen molar-refractivity contribution in [2.45, 2.75) is 24.7 Å². The number of likely N-dealkylation sites (N-methyl/N-ethyl adjacent to an activating group) is 1. The Kier molecular flexibility index (Phi) is 6.38. The monoisotopic (exact) mass is 415 g/mol. The molecule has 1 aliphatic heterocycles. The quantitative estimate of drug-likeness (QED) is 0.370. The van der Waals surface area contributed by atoms with Crippen molar-refractivity contribution in [1.82, 2.24) is 4.90 Å². The first-order valence-electron chi connectivity index (χ1n) is 10.8.